The summed E-state index contributed by atoms with van der Waals surface area (Å²) in [4.78, 5) is 38.1. The van der Waals surface area contributed by atoms with Gasteiger partial charge in [0.15, 0.2) is 6.10 Å². The van der Waals surface area contributed by atoms with Gasteiger partial charge >= 0.3 is 17.9 Å². The van der Waals surface area contributed by atoms with E-state index < -0.39 is 6.10 Å². The molecule has 1 unspecified atom stereocenters. The van der Waals surface area contributed by atoms with Crippen molar-refractivity contribution in [3.63, 3.8) is 0 Å². The highest BCUT2D eigenvalue weighted by atomic mass is 16.6. The number of hydrogen-bond acceptors (Lipinski definition) is 6. The molecule has 0 spiro atoms. The van der Waals surface area contributed by atoms with Gasteiger partial charge in [0.2, 0.25) is 0 Å². The molecule has 0 aliphatic carbocycles. The Bertz CT molecular complexity index is 1240. The van der Waals surface area contributed by atoms with Crippen molar-refractivity contribution in [3.8, 4) is 0 Å². The van der Waals surface area contributed by atoms with Gasteiger partial charge in [-0.3, -0.25) is 14.4 Å². The Balaban J connectivity index is 4.42. The number of carbonyl (C=O) groups excluding carboxylic acids is 3. The molecule has 0 aliphatic rings. The Kier molecular flexibility index (Phi) is 51.9. The lowest BCUT2D eigenvalue weighted by Gasteiger charge is -2.18. The van der Waals surface area contributed by atoms with Crippen molar-refractivity contribution in [2.24, 2.45) is 0 Å². The van der Waals surface area contributed by atoms with Crippen LogP contribution in [-0.4, -0.2) is 37.2 Å². The second-order valence-electron chi connectivity index (χ2n) is 18.6. The van der Waals surface area contributed by atoms with Crippen LogP contribution in [0, 0.1) is 0 Å². The van der Waals surface area contributed by atoms with Crippen molar-refractivity contribution >= 4 is 17.9 Å². The number of unbranched alkanes of at least 4 members (excludes halogenated alkanes) is 30. The summed E-state index contributed by atoms with van der Waals surface area (Å²) in [5.41, 5.74) is 0. The summed E-state index contributed by atoms with van der Waals surface area (Å²) in [6.07, 6.45) is 68.8. The maximum Gasteiger partial charge on any atom is 0.306 e. The topological polar surface area (TPSA) is 78.9 Å². The Hall–Kier alpha value is -3.15. The fourth-order valence-electron chi connectivity index (χ4n) is 7.85. The first kappa shape index (κ1) is 62.8. The van der Waals surface area contributed by atoms with Gasteiger partial charge in [0.25, 0.3) is 0 Å². The molecular weight excluding hydrogens is 817 g/mol. The zero-order valence-corrected chi connectivity index (χ0v) is 43.4. The van der Waals surface area contributed by atoms with E-state index in [2.05, 4.69) is 93.7 Å². The molecule has 0 aromatic heterocycles. The van der Waals surface area contributed by atoms with Crippen molar-refractivity contribution in [1.82, 2.24) is 0 Å². The molecule has 0 fully saturated rings. The molecule has 6 nitrogen and oxygen atoms in total. The molecule has 0 aliphatic heterocycles. The summed E-state index contributed by atoms with van der Waals surface area (Å²) in [6.45, 7) is 6.49. The third kappa shape index (κ3) is 51.8. The molecule has 0 saturated carbocycles. The predicted octanol–water partition coefficient (Wildman–Crippen LogP) is 18.6. The molecule has 0 heterocycles. The zero-order chi connectivity index (χ0) is 47.9. The van der Waals surface area contributed by atoms with Gasteiger partial charge in [-0.25, -0.2) is 0 Å². The molecule has 66 heavy (non-hydrogen) atoms. The maximum absolute atomic E-state index is 12.8. The minimum Gasteiger partial charge on any atom is -0.462 e. The number of ether oxygens (including phenoxy) is 3. The van der Waals surface area contributed by atoms with Gasteiger partial charge in [-0.05, 0) is 70.6 Å². The molecular formula is C60H104O6. The van der Waals surface area contributed by atoms with Crippen LogP contribution in [-0.2, 0) is 28.6 Å². The van der Waals surface area contributed by atoms with Crippen LogP contribution in [0.5, 0.6) is 0 Å². The monoisotopic (exact) mass is 921 g/mol. The molecule has 6 heteroatoms. The van der Waals surface area contributed by atoms with Crippen LogP contribution in [0.1, 0.15) is 271 Å². The number of allylic oxidation sites excluding steroid dienone is 12. The number of hydrogen-bond donors (Lipinski definition) is 0. The van der Waals surface area contributed by atoms with Gasteiger partial charge in [-0.2, -0.15) is 0 Å². The molecule has 0 rings (SSSR count). The highest BCUT2D eigenvalue weighted by molar-refractivity contribution is 5.71. The molecule has 0 bridgehead atoms. The normalized spacial score (nSPS) is 12.6. The Morgan fingerprint density at radius 2 is 0.652 bits per heavy atom. The molecule has 0 N–H and O–H groups in total. The summed E-state index contributed by atoms with van der Waals surface area (Å²) >= 11 is 0. The standard InChI is InChI=1S/C60H104O6/c1-4-7-10-13-16-19-22-25-28-30-31-33-35-38-41-44-47-50-53-59(62)65-56-57(55-64-58(61)52-49-46-43-40-37-34-27-24-21-18-15-12-9-6-3)66-60(63)54-51-48-45-42-39-36-32-29-26-23-20-17-14-11-8-5-2/h9,12,16,18-19,21-22,25,28,30-31,33,57H,4-8,10-11,13-15,17,20,23-24,26-27,29,32,34-56H2,1-3H3/b12-9-,19-16-,21-18-,25-22-,30-28-,33-31-. The second kappa shape index (κ2) is 54.5. The molecule has 0 aromatic rings. The lowest BCUT2D eigenvalue weighted by molar-refractivity contribution is -0.167. The van der Waals surface area contributed by atoms with E-state index in [-0.39, 0.29) is 31.1 Å². The average molecular weight is 921 g/mol. The number of esters is 3. The zero-order valence-electron chi connectivity index (χ0n) is 43.4. The summed E-state index contributed by atoms with van der Waals surface area (Å²) in [5, 5.41) is 0. The maximum atomic E-state index is 12.8. The first-order valence-corrected chi connectivity index (χ1v) is 28.0. The van der Waals surface area contributed by atoms with E-state index in [1.54, 1.807) is 0 Å². The first-order chi connectivity index (χ1) is 32.5. The van der Waals surface area contributed by atoms with Crippen LogP contribution in [0.25, 0.3) is 0 Å². The fraction of sp³-hybridized carbons (Fsp3) is 0.750. The Morgan fingerprint density at radius 1 is 0.333 bits per heavy atom. The number of rotatable bonds is 50. The van der Waals surface area contributed by atoms with Gasteiger partial charge in [-0.15, -0.1) is 0 Å². The van der Waals surface area contributed by atoms with Crippen molar-refractivity contribution in [1.29, 1.82) is 0 Å². The number of carbonyl (C=O) groups is 3. The SMILES string of the molecule is CC/C=C\C/C=C\CCCCCCCCCC(=O)OCC(COC(=O)CCCCCCC\C=C/C=C\C=C/C=C\CCCCC)OC(=O)CCCCCCCCCCCCCCCCCC. The van der Waals surface area contributed by atoms with Crippen molar-refractivity contribution in [2.75, 3.05) is 13.2 Å². The largest absolute Gasteiger partial charge is 0.462 e. The molecule has 1 atom stereocenters. The van der Waals surface area contributed by atoms with E-state index >= 15 is 0 Å². The summed E-state index contributed by atoms with van der Waals surface area (Å²) in [6, 6.07) is 0. The summed E-state index contributed by atoms with van der Waals surface area (Å²) in [7, 11) is 0. The molecule has 380 valence electrons. The minimum atomic E-state index is -0.787. The van der Waals surface area contributed by atoms with E-state index in [1.165, 1.54) is 128 Å². The second-order valence-corrected chi connectivity index (χ2v) is 18.6. The average Bonchev–Trinajstić information content (AvgIpc) is 3.31. The van der Waals surface area contributed by atoms with Crippen LogP contribution in [0.15, 0.2) is 72.9 Å². The van der Waals surface area contributed by atoms with Crippen molar-refractivity contribution in [3.05, 3.63) is 72.9 Å². The van der Waals surface area contributed by atoms with E-state index in [0.717, 1.165) is 103 Å². The molecule has 0 amide bonds. The quantitative estimate of drug-likeness (QED) is 0.0199. The Labute approximate surface area is 408 Å². The molecule has 0 radical (unpaired) electrons. The van der Waals surface area contributed by atoms with Gasteiger partial charge in [0.05, 0.1) is 0 Å². The van der Waals surface area contributed by atoms with Gasteiger partial charge in [0, 0.05) is 19.3 Å². The fourth-order valence-corrected chi connectivity index (χ4v) is 7.85. The molecule has 0 aromatic carbocycles. The van der Waals surface area contributed by atoms with E-state index in [0.29, 0.717) is 19.3 Å². The molecule has 0 saturated heterocycles. The van der Waals surface area contributed by atoms with Crippen LogP contribution < -0.4 is 0 Å². The smallest absolute Gasteiger partial charge is 0.306 e. The van der Waals surface area contributed by atoms with Crippen molar-refractivity contribution in [2.45, 2.75) is 277 Å². The third-order valence-corrected chi connectivity index (χ3v) is 12.0. The Morgan fingerprint density at radius 3 is 1.08 bits per heavy atom. The van der Waals surface area contributed by atoms with Crippen molar-refractivity contribution < 1.29 is 28.6 Å². The minimum absolute atomic E-state index is 0.0857. The third-order valence-electron chi connectivity index (χ3n) is 12.0. The predicted molar refractivity (Wildman–Crippen MR) is 284 cm³/mol. The van der Waals surface area contributed by atoms with Crippen LogP contribution in [0.4, 0.5) is 0 Å². The van der Waals surface area contributed by atoms with E-state index in [4.69, 9.17) is 14.2 Å². The van der Waals surface area contributed by atoms with Crippen LogP contribution in [0.2, 0.25) is 0 Å². The van der Waals surface area contributed by atoms with E-state index in [9.17, 15) is 14.4 Å². The van der Waals surface area contributed by atoms with Gasteiger partial charge < -0.3 is 14.2 Å². The van der Waals surface area contributed by atoms with E-state index in [1.807, 2.05) is 0 Å². The highest BCUT2D eigenvalue weighted by Gasteiger charge is 2.19. The lowest BCUT2D eigenvalue weighted by atomic mass is 10.0. The van der Waals surface area contributed by atoms with Crippen LogP contribution in [0.3, 0.4) is 0 Å². The highest BCUT2D eigenvalue weighted by Crippen LogP contribution is 2.16. The summed E-state index contributed by atoms with van der Waals surface area (Å²) < 4.78 is 16.8. The lowest BCUT2D eigenvalue weighted by Crippen LogP contribution is -2.30. The van der Waals surface area contributed by atoms with Gasteiger partial charge in [-0.1, -0.05) is 254 Å². The van der Waals surface area contributed by atoms with Crippen LogP contribution >= 0.6 is 0 Å². The first-order valence-electron chi connectivity index (χ1n) is 28.0. The summed E-state index contributed by atoms with van der Waals surface area (Å²) in [5.74, 6) is -0.908. The van der Waals surface area contributed by atoms with Gasteiger partial charge in [0.1, 0.15) is 13.2 Å².